The standard InChI is InChI=1S/CH3FO3S.CH4O3S/c2-1-6(3,4)5;1-5(2,3)4/h1H2,(H,3,4,5);1H3,(H,2,3,4). The predicted molar refractivity (Wildman–Crippen MR) is 35.0 cm³/mol. The zero-order valence-corrected chi connectivity index (χ0v) is 7.06. The van der Waals surface area contributed by atoms with Crippen LogP contribution in [0.3, 0.4) is 0 Å². The maximum atomic E-state index is 10.7. The summed E-state index contributed by atoms with van der Waals surface area (Å²) < 4.78 is 62.3. The van der Waals surface area contributed by atoms with Gasteiger partial charge in [0, 0.05) is 0 Å². The molecule has 0 atom stereocenters. The van der Waals surface area contributed by atoms with E-state index < -0.39 is 26.2 Å². The molecule has 0 aliphatic carbocycles. The van der Waals surface area contributed by atoms with Crippen LogP contribution in [0.5, 0.6) is 0 Å². The van der Waals surface area contributed by atoms with Crippen molar-refractivity contribution < 1.29 is 30.3 Å². The lowest BCUT2D eigenvalue weighted by atomic mass is 11.8. The van der Waals surface area contributed by atoms with Crippen LogP contribution in [0.1, 0.15) is 0 Å². The van der Waals surface area contributed by atoms with E-state index in [9.17, 15) is 21.2 Å². The van der Waals surface area contributed by atoms with Crippen molar-refractivity contribution in [3.8, 4) is 0 Å². The largest absolute Gasteiger partial charge is 0.294 e. The summed E-state index contributed by atoms with van der Waals surface area (Å²) in [4.78, 5) is 0. The Labute approximate surface area is 63.5 Å². The molecule has 0 aromatic rings. The topological polar surface area (TPSA) is 109 Å². The fourth-order valence-electron chi connectivity index (χ4n) is 0. The molecule has 0 aromatic carbocycles. The summed E-state index contributed by atoms with van der Waals surface area (Å²) in [6, 6.07) is -1.70. The van der Waals surface area contributed by atoms with Crippen molar-refractivity contribution in [2.24, 2.45) is 0 Å². The first kappa shape index (κ1) is 13.3. The fourth-order valence-corrected chi connectivity index (χ4v) is 0. The molecule has 0 saturated heterocycles. The molecule has 11 heavy (non-hydrogen) atoms. The molecule has 0 heterocycles. The molecule has 0 saturated carbocycles. The van der Waals surface area contributed by atoms with Gasteiger partial charge in [0.15, 0.2) is 0 Å². The van der Waals surface area contributed by atoms with Crippen LogP contribution in [0.2, 0.25) is 0 Å². The summed E-state index contributed by atoms with van der Waals surface area (Å²) in [6.07, 6.45) is 0.715. The Kier molecular flexibility index (Phi) is 5.57. The molecule has 0 rings (SSSR count). The molecule has 0 bridgehead atoms. The maximum absolute atomic E-state index is 10.7. The van der Waals surface area contributed by atoms with Gasteiger partial charge in [0.25, 0.3) is 20.2 Å². The van der Waals surface area contributed by atoms with Gasteiger partial charge in [-0.15, -0.1) is 0 Å². The van der Waals surface area contributed by atoms with Gasteiger partial charge >= 0.3 is 0 Å². The lowest BCUT2D eigenvalue weighted by Gasteiger charge is -1.77. The van der Waals surface area contributed by atoms with E-state index in [0.717, 1.165) is 0 Å². The highest BCUT2D eigenvalue weighted by Gasteiger charge is 1.97. The van der Waals surface area contributed by atoms with Gasteiger partial charge < -0.3 is 0 Å². The molecule has 0 aliphatic rings. The normalized spacial score (nSPS) is 11.6. The summed E-state index contributed by atoms with van der Waals surface area (Å²) in [5.74, 6) is 0. The van der Waals surface area contributed by atoms with Crippen LogP contribution in [0, 0.1) is 0 Å². The first-order valence-corrected chi connectivity index (χ1v) is 5.45. The first-order chi connectivity index (χ1) is 4.56. The summed E-state index contributed by atoms with van der Waals surface area (Å²) in [5.41, 5.74) is 0. The van der Waals surface area contributed by atoms with Gasteiger partial charge in [-0.25, -0.2) is 4.39 Å². The maximum Gasteiger partial charge on any atom is 0.294 e. The van der Waals surface area contributed by atoms with Gasteiger partial charge in [-0.2, -0.15) is 16.8 Å². The van der Waals surface area contributed by atoms with Gasteiger partial charge in [-0.3, -0.25) is 9.11 Å². The number of hydrogen-bond donors (Lipinski definition) is 2. The van der Waals surface area contributed by atoms with E-state index in [1.807, 2.05) is 0 Å². The Morgan fingerprint density at radius 1 is 1.18 bits per heavy atom. The molecular formula is C2H7FO6S2. The van der Waals surface area contributed by atoms with Crippen molar-refractivity contribution in [2.75, 3.05) is 12.3 Å². The minimum atomic E-state index is -4.33. The van der Waals surface area contributed by atoms with Crippen molar-refractivity contribution in [2.45, 2.75) is 0 Å². The Balaban J connectivity index is 0. The average molecular weight is 210 g/mol. The molecule has 0 unspecified atom stereocenters. The summed E-state index contributed by atoms with van der Waals surface area (Å²) >= 11 is 0. The minimum absolute atomic E-state index is 0.715. The summed E-state index contributed by atoms with van der Waals surface area (Å²) in [5, 5.41) is 0. The molecule has 0 fully saturated rings. The zero-order chi connectivity index (χ0) is 9.71. The van der Waals surface area contributed by atoms with Crippen molar-refractivity contribution in [1.82, 2.24) is 0 Å². The number of hydrogen-bond acceptors (Lipinski definition) is 4. The molecule has 0 amide bonds. The quantitative estimate of drug-likeness (QED) is 0.554. The van der Waals surface area contributed by atoms with Gasteiger partial charge in [-0.05, 0) is 0 Å². The Morgan fingerprint density at radius 3 is 1.27 bits per heavy atom. The van der Waals surface area contributed by atoms with E-state index in [-0.39, 0.29) is 0 Å². The van der Waals surface area contributed by atoms with Gasteiger partial charge in [-0.1, -0.05) is 0 Å². The first-order valence-electron chi connectivity index (χ1n) is 2.00. The molecule has 2 N–H and O–H groups in total. The molecule has 0 aromatic heterocycles. The van der Waals surface area contributed by atoms with Crippen LogP contribution < -0.4 is 0 Å². The van der Waals surface area contributed by atoms with Crippen LogP contribution >= 0.6 is 0 Å². The van der Waals surface area contributed by atoms with Crippen LogP contribution in [0.15, 0.2) is 0 Å². The van der Waals surface area contributed by atoms with Crippen molar-refractivity contribution in [3.63, 3.8) is 0 Å². The van der Waals surface area contributed by atoms with Gasteiger partial charge in [0.2, 0.25) is 6.01 Å². The average Bonchev–Trinajstić information content (AvgIpc) is 1.59. The highest BCUT2D eigenvalue weighted by molar-refractivity contribution is 7.85. The predicted octanol–water partition coefficient (Wildman–Crippen LogP) is -0.695. The van der Waals surface area contributed by atoms with Crippen LogP contribution in [0.4, 0.5) is 4.39 Å². The number of rotatable bonds is 1. The van der Waals surface area contributed by atoms with Crippen LogP contribution in [-0.4, -0.2) is 38.2 Å². The van der Waals surface area contributed by atoms with E-state index in [0.29, 0.717) is 6.26 Å². The van der Waals surface area contributed by atoms with Gasteiger partial charge in [0.05, 0.1) is 6.26 Å². The van der Waals surface area contributed by atoms with E-state index in [2.05, 4.69) is 0 Å². The van der Waals surface area contributed by atoms with Gasteiger partial charge in [0.1, 0.15) is 0 Å². The van der Waals surface area contributed by atoms with Crippen molar-refractivity contribution in [1.29, 1.82) is 0 Å². The van der Waals surface area contributed by atoms with E-state index >= 15 is 0 Å². The van der Waals surface area contributed by atoms with Crippen molar-refractivity contribution in [3.05, 3.63) is 0 Å². The summed E-state index contributed by atoms with van der Waals surface area (Å²) in [7, 11) is -8.00. The molecular weight excluding hydrogens is 203 g/mol. The lowest BCUT2D eigenvalue weighted by Crippen LogP contribution is -1.96. The molecule has 0 radical (unpaired) electrons. The highest BCUT2D eigenvalue weighted by atomic mass is 32.2. The van der Waals surface area contributed by atoms with E-state index in [1.54, 1.807) is 0 Å². The smallest absolute Gasteiger partial charge is 0.286 e. The second-order valence-electron chi connectivity index (χ2n) is 1.42. The Bertz CT molecular complexity index is 266. The Morgan fingerprint density at radius 2 is 1.27 bits per heavy atom. The van der Waals surface area contributed by atoms with Crippen LogP contribution in [0.25, 0.3) is 0 Å². The third-order valence-electron chi connectivity index (χ3n) is 0.138. The number of alkyl halides is 1. The fraction of sp³-hybridized carbons (Fsp3) is 1.00. The van der Waals surface area contributed by atoms with E-state index in [1.165, 1.54) is 0 Å². The second-order valence-corrected chi connectivity index (χ2v) is 4.27. The SMILES string of the molecule is CS(=O)(=O)O.O=S(=O)(O)CF. The molecule has 6 nitrogen and oxygen atoms in total. The third kappa shape index (κ3) is 77.4. The highest BCUT2D eigenvalue weighted by Crippen LogP contribution is 1.77. The lowest BCUT2D eigenvalue weighted by molar-refractivity contribution is 0.447. The monoisotopic (exact) mass is 210 g/mol. The number of halogens is 1. The molecule has 0 spiro atoms. The minimum Gasteiger partial charge on any atom is -0.286 e. The molecule has 0 aliphatic heterocycles. The molecule has 9 heteroatoms. The second kappa shape index (κ2) is 4.59. The van der Waals surface area contributed by atoms with Crippen molar-refractivity contribution >= 4 is 20.2 Å². The summed E-state index contributed by atoms with van der Waals surface area (Å²) in [6.45, 7) is 0. The third-order valence-corrected chi connectivity index (χ3v) is 0.414. The zero-order valence-electron chi connectivity index (χ0n) is 5.43. The van der Waals surface area contributed by atoms with Crippen LogP contribution in [-0.2, 0) is 20.2 Å². The Hall–Kier alpha value is -0.250. The molecule has 70 valence electrons. The van der Waals surface area contributed by atoms with E-state index in [4.69, 9.17) is 9.11 Å².